The lowest BCUT2D eigenvalue weighted by Crippen LogP contribution is -2.31. The van der Waals surface area contributed by atoms with Gasteiger partial charge in [0.25, 0.3) is 0 Å². The predicted octanol–water partition coefficient (Wildman–Crippen LogP) is 4.23. The summed E-state index contributed by atoms with van der Waals surface area (Å²) < 4.78 is 0. The van der Waals surface area contributed by atoms with Crippen LogP contribution in [0.1, 0.15) is 29.9 Å². The normalized spacial score (nSPS) is 11.8. The number of nitrogens with one attached hydrogen (secondary N) is 2. The largest absolute Gasteiger partial charge is 0.331 e. The Hall–Kier alpha value is -2.07. The fraction of sp³-hybridized carbons (Fsp3) is 0.250. The molecule has 1 heterocycles. The van der Waals surface area contributed by atoms with Crippen LogP contribution in [0.15, 0.2) is 36.4 Å². The van der Waals surface area contributed by atoms with Crippen LogP contribution >= 0.6 is 11.6 Å². The first-order valence-corrected chi connectivity index (χ1v) is 7.10. The Morgan fingerprint density at radius 3 is 2.29 bits per heavy atom. The van der Waals surface area contributed by atoms with Crippen molar-refractivity contribution in [2.45, 2.75) is 26.8 Å². The molecule has 0 aliphatic rings. The van der Waals surface area contributed by atoms with Crippen LogP contribution in [0.2, 0.25) is 5.02 Å². The average Bonchev–Trinajstić information content (AvgIpc) is 2.37. The third-order valence-corrected chi connectivity index (χ3v) is 3.31. The number of rotatable bonds is 3. The van der Waals surface area contributed by atoms with Crippen LogP contribution in [0.5, 0.6) is 0 Å². The molecular weight excluding hydrogens is 286 g/mol. The topological polar surface area (TPSA) is 54.0 Å². The minimum atomic E-state index is -0.248. The number of aromatic nitrogens is 1. The number of amides is 2. The van der Waals surface area contributed by atoms with E-state index in [0.29, 0.717) is 5.02 Å². The lowest BCUT2D eigenvalue weighted by molar-refractivity contribution is 0.249. The van der Waals surface area contributed by atoms with Gasteiger partial charge in [-0.15, -0.1) is 0 Å². The Bertz CT molecular complexity index is 620. The van der Waals surface area contributed by atoms with Crippen molar-refractivity contribution < 1.29 is 4.79 Å². The zero-order chi connectivity index (χ0) is 15.4. The number of hydrogen-bond donors (Lipinski definition) is 2. The fourth-order valence-electron chi connectivity index (χ4n) is 2.11. The van der Waals surface area contributed by atoms with Gasteiger partial charge in [-0.2, -0.15) is 0 Å². The molecule has 2 rings (SSSR count). The van der Waals surface area contributed by atoms with Crippen molar-refractivity contribution >= 4 is 23.3 Å². The molecule has 1 aromatic heterocycles. The molecule has 1 aromatic carbocycles. The molecule has 0 radical (unpaired) electrons. The molecule has 0 unspecified atom stereocenters. The molecule has 0 spiro atoms. The molecule has 5 heteroatoms. The summed E-state index contributed by atoms with van der Waals surface area (Å²) in [6.07, 6.45) is 0. The minimum absolute atomic E-state index is 0.105. The molecule has 110 valence electrons. The van der Waals surface area contributed by atoms with E-state index >= 15 is 0 Å². The highest BCUT2D eigenvalue weighted by Crippen LogP contribution is 2.16. The molecule has 2 N–H and O–H groups in total. The summed E-state index contributed by atoms with van der Waals surface area (Å²) in [7, 11) is 0. The van der Waals surface area contributed by atoms with Crippen LogP contribution < -0.4 is 10.6 Å². The molecule has 0 aliphatic carbocycles. The number of urea groups is 1. The number of aryl methyl sites for hydroxylation is 2. The third-order valence-electron chi connectivity index (χ3n) is 3.06. The van der Waals surface area contributed by atoms with Gasteiger partial charge in [-0.05, 0) is 50.6 Å². The van der Waals surface area contributed by atoms with E-state index in [2.05, 4.69) is 15.6 Å². The van der Waals surface area contributed by atoms with Crippen LogP contribution in [0.25, 0.3) is 0 Å². The maximum Gasteiger partial charge on any atom is 0.319 e. The second kappa shape index (κ2) is 6.59. The van der Waals surface area contributed by atoms with Crippen molar-refractivity contribution in [1.82, 2.24) is 10.3 Å². The van der Waals surface area contributed by atoms with Crippen molar-refractivity contribution in [3.63, 3.8) is 0 Å². The van der Waals surface area contributed by atoms with Gasteiger partial charge in [-0.3, -0.25) is 4.98 Å². The van der Waals surface area contributed by atoms with Gasteiger partial charge >= 0.3 is 6.03 Å². The van der Waals surface area contributed by atoms with E-state index in [-0.39, 0.29) is 12.1 Å². The summed E-state index contributed by atoms with van der Waals surface area (Å²) in [6.45, 7) is 5.71. The summed E-state index contributed by atoms with van der Waals surface area (Å²) in [5, 5.41) is 6.39. The Morgan fingerprint density at radius 1 is 1.14 bits per heavy atom. The SMILES string of the molecule is Cc1cc(NC(=O)N[C@H](C)c2ccc(Cl)cc2)cc(C)n1. The molecule has 21 heavy (non-hydrogen) atoms. The van der Waals surface area contributed by atoms with Gasteiger partial charge in [-0.1, -0.05) is 23.7 Å². The Morgan fingerprint density at radius 2 is 1.71 bits per heavy atom. The Labute approximate surface area is 129 Å². The highest BCUT2D eigenvalue weighted by molar-refractivity contribution is 6.30. The number of carbonyl (C=O) groups excluding carboxylic acids is 1. The Kier molecular flexibility index (Phi) is 4.81. The number of hydrogen-bond acceptors (Lipinski definition) is 2. The summed E-state index contributed by atoms with van der Waals surface area (Å²) in [4.78, 5) is 16.3. The van der Waals surface area contributed by atoms with Gasteiger partial charge in [0.1, 0.15) is 0 Å². The van der Waals surface area contributed by atoms with E-state index in [0.717, 1.165) is 22.6 Å². The molecule has 0 bridgehead atoms. The van der Waals surface area contributed by atoms with Crippen molar-refractivity contribution in [3.8, 4) is 0 Å². The lowest BCUT2D eigenvalue weighted by atomic mass is 10.1. The van der Waals surface area contributed by atoms with Crippen LogP contribution in [-0.4, -0.2) is 11.0 Å². The summed E-state index contributed by atoms with van der Waals surface area (Å²) >= 11 is 5.85. The minimum Gasteiger partial charge on any atom is -0.331 e. The number of halogens is 1. The van der Waals surface area contributed by atoms with Crippen molar-refractivity contribution in [1.29, 1.82) is 0 Å². The first-order chi connectivity index (χ1) is 9.94. The van der Waals surface area contributed by atoms with E-state index in [1.165, 1.54) is 0 Å². The van der Waals surface area contributed by atoms with Gasteiger partial charge in [-0.25, -0.2) is 4.79 Å². The number of pyridine rings is 1. The van der Waals surface area contributed by atoms with E-state index in [1.54, 1.807) is 0 Å². The first-order valence-electron chi connectivity index (χ1n) is 6.72. The van der Waals surface area contributed by atoms with Gasteiger partial charge in [0, 0.05) is 22.1 Å². The predicted molar refractivity (Wildman–Crippen MR) is 85.7 cm³/mol. The van der Waals surface area contributed by atoms with E-state index in [9.17, 15) is 4.79 Å². The zero-order valence-electron chi connectivity index (χ0n) is 12.3. The van der Waals surface area contributed by atoms with Gasteiger partial charge in [0.05, 0.1) is 6.04 Å². The summed E-state index contributed by atoms with van der Waals surface area (Å²) in [6, 6.07) is 10.7. The molecule has 1 atom stereocenters. The van der Waals surface area contributed by atoms with Crippen molar-refractivity contribution in [3.05, 3.63) is 58.4 Å². The number of anilines is 1. The van der Waals surface area contributed by atoms with Crippen LogP contribution in [0.4, 0.5) is 10.5 Å². The third kappa shape index (κ3) is 4.46. The van der Waals surface area contributed by atoms with Crippen molar-refractivity contribution in [2.24, 2.45) is 0 Å². The zero-order valence-corrected chi connectivity index (χ0v) is 13.0. The molecule has 0 aliphatic heterocycles. The highest BCUT2D eigenvalue weighted by Gasteiger charge is 2.10. The molecule has 2 amide bonds. The van der Waals surface area contributed by atoms with E-state index in [1.807, 2.05) is 57.2 Å². The summed E-state index contributed by atoms with van der Waals surface area (Å²) in [5.41, 5.74) is 3.48. The van der Waals surface area contributed by atoms with Gasteiger partial charge in [0.15, 0.2) is 0 Å². The smallest absolute Gasteiger partial charge is 0.319 e. The van der Waals surface area contributed by atoms with Crippen LogP contribution in [0, 0.1) is 13.8 Å². The summed E-state index contributed by atoms with van der Waals surface area (Å²) in [5.74, 6) is 0. The molecule has 2 aromatic rings. The number of nitrogens with zero attached hydrogens (tertiary/aromatic N) is 1. The molecule has 0 saturated carbocycles. The Balaban J connectivity index is 1.99. The molecule has 4 nitrogen and oxygen atoms in total. The standard InChI is InChI=1S/C16H18ClN3O/c1-10-8-15(9-11(2)18-10)20-16(21)19-12(3)13-4-6-14(17)7-5-13/h4-9,12H,1-3H3,(H2,18,19,20,21)/t12-/m1/s1. The van der Waals surface area contributed by atoms with E-state index in [4.69, 9.17) is 11.6 Å². The van der Waals surface area contributed by atoms with E-state index < -0.39 is 0 Å². The van der Waals surface area contributed by atoms with Crippen molar-refractivity contribution in [2.75, 3.05) is 5.32 Å². The van der Waals surface area contributed by atoms with Gasteiger partial charge in [0.2, 0.25) is 0 Å². The fourth-order valence-corrected chi connectivity index (χ4v) is 2.23. The van der Waals surface area contributed by atoms with Crippen LogP contribution in [0.3, 0.4) is 0 Å². The second-order valence-electron chi connectivity index (χ2n) is 5.01. The first kappa shape index (κ1) is 15.3. The second-order valence-corrected chi connectivity index (χ2v) is 5.45. The maximum absolute atomic E-state index is 12.0. The molecular formula is C16H18ClN3O. The quantitative estimate of drug-likeness (QED) is 0.891. The highest BCUT2D eigenvalue weighted by atomic mass is 35.5. The lowest BCUT2D eigenvalue weighted by Gasteiger charge is -2.15. The average molecular weight is 304 g/mol. The monoisotopic (exact) mass is 303 g/mol. The number of benzene rings is 1. The maximum atomic E-state index is 12.0. The molecule has 0 saturated heterocycles. The van der Waals surface area contributed by atoms with Crippen LogP contribution in [-0.2, 0) is 0 Å². The number of carbonyl (C=O) groups is 1. The molecule has 0 fully saturated rings. The van der Waals surface area contributed by atoms with Gasteiger partial charge < -0.3 is 10.6 Å².